The third-order valence-electron chi connectivity index (χ3n) is 1.56. The first-order chi connectivity index (χ1) is 5.29. The molecular weight excluding hydrogens is 180 g/mol. The van der Waals surface area contributed by atoms with Gasteiger partial charge in [-0.2, -0.15) is 0 Å². The number of hydrogen-bond acceptors (Lipinski definition) is 4. The Morgan fingerprint density at radius 2 is 2.08 bits per heavy atom. The van der Waals surface area contributed by atoms with Crippen LogP contribution in [-0.4, -0.2) is 38.9 Å². The van der Waals surface area contributed by atoms with E-state index < -0.39 is 15.6 Å². The maximum atomic E-state index is 10.9. The van der Waals surface area contributed by atoms with E-state index >= 15 is 0 Å². The highest BCUT2D eigenvalue weighted by molar-refractivity contribution is 7.90. The molecule has 1 unspecified atom stereocenters. The van der Waals surface area contributed by atoms with E-state index in [4.69, 9.17) is 9.47 Å². The summed E-state index contributed by atoms with van der Waals surface area (Å²) >= 11 is 0. The fourth-order valence-electron chi connectivity index (χ4n) is 1.18. The first-order valence-corrected chi connectivity index (χ1v) is 5.84. The van der Waals surface area contributed by atoms with Crippen LogP contribution < -0.4 is 0 Å². The molecule has 0 radical (unpaired) electrons. The third-order valence-corrected chi connectivity index (χ3v) is 2.53. The predicted octanol–water partition coefficient (Wildman–Crippen LogP) is 0.183. The van der Waals surface area contributed by atoms with Crippen LogP contribution >= 0.6 is 0 Å². The van der Waals surface area contributed by atoms with Crippen LogP contribution in [0, 0.1) is 0 Å². The summed E-state index contributed by atoms with van der Waals surface area (Å²) in [6.45, 7) is 3.91. The van der Waals surface area contributed by atoms with E-state index in [0.717, 1.165) is 0 Å². The Kier molecular flexibility index (Phi) is 2.47. The zero-order chi connectivity index (χ0) is 9.41. The molecule has 0 aromatic heterocycles. The molecule has 0 saturated carbocycles. The number of rotatable bonds is 2. The highest BCUT2D eigenvalue weighted by Crippen LogP contribution is 2.22. The fraction of sp³-hybridized carbons (Fsp3) is 1.00. The second-order valence-electron chi connectivity index (χ2n) is 3.54. The molecule has 0 aromatic carbocycles. The summed E-state index contributed by atoms with van der Waals surface area (Å²) < 4.78 is 32.3. The molecule has 1 fully saturated rings. The number of ether oxygens (including phenoxy) is 2. The summed E-state index contributed by atoms with van der Waals surface area (Å²) in [5.74, 6) is -0.591. The van der Waals surface area contributed by atoms with Gasteiger partial charge in [0.05, 0.1) is 18.5 Å². The normalized spacial score (nSPS) is 29.1. The topological polar surface area (TPSA) is 52.6 Å². The largest absolute Gasteiger partial charge is 0.348 e. The summed E-state index contributed by atoms with van der Waals surface area (Å²) in [6.07, 6.45) is 0.886. The van der Waals surface area contributed by atoms with E-state index in [1.54, 1.807) is 13.8 Å². The molecule has 0 bridgehead atoms. The molecule has 1 aliphatic rings. The van der Waals surface area contributed by atoms with Crippen molar-refractivity contribution in [2.45, 2.75) is 25.7 Å². The lowest BCUT2D eigenvalue weighted by Crippen LogP contribution is -2.25. The third kappa shape index (κ3) is 3.08. The Bertz CT molecular complexity index is 255. The van der Waals surface area contributed by atoms with Gasteiger partial charge in [0, 0.05) is 6.26 Å². The first-order valence-electron chi connectivity index (χ1n) is 3.78. The van der Waals surface area contributed by atoms with Gasteiger partial charge < -0.3 is 9.47 Å². The summed E-state index contributed by atoms with van der Waals surface area (Å²) in [5, 5.41) is 0. The SMILES string of the molecule is CC1(C)OCC(CS(C)(=O)=O)O1. The minimum atomic E-state index is -2.96. The van der Waals surface area contributed by atoms with Crippen LogP contribution in [-0.2, 0) is 19.3 Å². The van der Waals surface area contributed by atoms with Gasteiger partial charge >= 0.3 is 0 Å². The summed E-state index contributed by atoms with van der Waals surface area (Å²) in [7, 11) is -2.96. The van der Waals surface area contributed by atoms with Gasteiger partial charge in [-0.25, -0.2) is 8.42 Å². The van der Waals surface area contributed by atoms with Gasteiger partial charge in [0.2, 0.25) is 0 Å². The van der Waals surface area contributed by atoms with Crippen molar-refractivity contribution in [3.8, 4) is 0 Å². The van der Waals surface area contributed by atoms with Gasteiger partial charge in [-0.05, 0) is 13.8 Å². The summed E-state index contributed by atoms with van der Waals surface area (Å²) in [5.41, 5.74) is 0. The number of hydrogen-bond donors (Lipinski definition) is 0. The van der Waals surface area contributed by atoms with Crippen molar-refractivity contribution in [3.05, 3.63) is 0 Å². The van der Waals surface area contributed by atoms with Gasteiger partial charge in [-0.3, -0.25) is 0 Å². The summed E-state index contributed by atoms with van der Waals surface area (Å²) in [4.78, 5) is 0. The highest BCUT2D eigenvalue weighted by Gasteiger charge is 2.34. The molecule has 0 N–H and O–H groups in total. The Labute approximate surface area is 72.8 Å². The molecule has 1 rings (SSSR count). The Hall–Kier alpha value is -0.130. The predicted molar refractivity (Wildman–Crippen MR) is 44.6 cm³/mol. The molecular formula is C7H14O4S. The second kappa shape index (κ2) is 2.97. The quantitative estimate of drug-likeness (QED) is 0.629. The Balaban J connectivity index is 2.49. The second-order valence-corrected chi connectivity index (χ2v) is 5.73. The smallest absolute Gasteiger partial charge is 0.163 e. The molecule has 1 aliphatic heterocycles. The van der Waals surface area contributed by atoms with Crippen LogP contribution in [0.15, 0.2) is 0 Å². The summed E-state index contributed by atoms with van der Waals surface area (Å²) in [6, 6.07) is 0. The van der Waals surface area contributed by atoms with Gasteiger partial charge in [0.1, 0.15) is 9.84 Å². The zero-order valence-corrected chi connectivity index (χ0v) is 8.35. The van der Waals surface area contributed by atoms with E-state index in [1.165, 1.54) is 6.26 Å². The van der Waals surface area contributed by atoms with Crippen LogP contribution in [0.25, 0.3) is 0 Å². The molecule has 0 aliphatic carbocycles. The molecule has 72 valence electrons. The van der Waals surface area contributed by atoms with E-state index in [9.17, 15) is 8.42 Å². The van der Waals surface area contributed by atoms with E-state index in [2.05, 4.69) is 0 Å². The molecule has 4 nitrogen and oxygen atoms in total. The molecule has 1 saturated heterocycles. The van der Waals surface area contributed by atoms with Crippen molar-refractivity contribution in [1.82, 2.24) is 0 Å². The highest BCUT2D eigenvalue weighted by atomic mass is 32.2. The van der Waals surface area contributed by atoms with Crippen LogP contribution in [0.3, 0.4) is 0 Å². The van der Waals surface area contributed by atoms with Gasteiger partial charge in [-0.15, -0.1) is 0 Å². The van der Waals surface area contributed by atoms with E-state index in [-0.39, 0.29) is 11.9 Å². The Morgan fingerprint density at radius 3 is 2.42 bits per heavy atom. The number of sulfone groups is 1. The van der Waals surface area contributed by atoms with Crippen LogP contribution in [0.1, 0.15) is 13.8 Å². The molecule has 0 spiro atoms. The van der Waals surface area contributed by atoms with Crippen molar-refractivity contribution >= 4 is 9.84 Å². The average Bonchev–Trinajstić information content (AvgIpc) is 2.05. The molecule has 0 aromatic rings. The molecule has 1 heterocycles. The molecule has 5 heteroatoms. The lowest BCUT2D eigenvalue weighted by atomic mass is 10.4. The van der Waals surface area contributed by atoms with Gasteiger partial charge in [0.25, 0.3) is 0 Å². The van der Waals surface area contributed by atoms with Crippen LogP contribution in [0.2, 0.25) is 0 Å². The monoisotopic (exact) mass is 194 g/mol. The maximum absolute atomic E-state index is 10.9. The zero-order valence-electron chi connectivity index (χ0n) is 7.53. The van der Waals surface area contributed by atoms with Gasteiger partial charge in [-0.1, -0.05) is 0 Å². The van der Waals surface area contributed by atoms with Crippen molar-refractivity contribution in [3.63, 3.8) is 0 Å². The Morgan fingerprint density at radius 1 is 1.50 bits per heavy atom. The van der Waals surface area contributed by atoms with Crippen molar-refractivity contribution < 1.29 is 17.9 Å². The molecule has 1 atom stereocenters. The molecule has 12 heavy (non-hydrogen) atoms. The standard InChI is InChI=1S/C7H14O4S/c1-7(2)10-4-6(11-7)5-12(3,8)9/h6H,4-5H2,1-3H3. The van der Waals surface area contributed by atoms with Crippen molar-refractivity contribution in [2.75, 3.05) is 18.6 Å². The van der Waals surface area contributed by atoms with Crippen LogP contribution in [0.5, 0.6) is 0 Å². The lowest BCUT2D eigenvalue weighted by molar-refractivity contribution is -0.135. The lowest BCUT2D eigenvalue weighted by Gasteiger charge is -2.16. The fourth-order valence-corrected chi connectivity index (χ4v) is 2.02. The van der Waals surface area contributed by atoms with E-state index in [0.29, 0.717) is 6.61 Å². The van der Waals surface area contributed by atoms with Crippen molar-refractivity contribution in [2.24, 2.45) is 0 Å². The average molecular weight is 194 g/mol. The van der Waals surface area contributed by atoms with Crippen LogP contribution in [0.4, 0.5) is 0 Å². The maximum Gasteiger partial charge on any atom is 0.163 e. The first kappa shape index (κ1) is 9.95. The minimum absolute atomic E-state index is 0.0381. The van der Waals surface area contributed by atoms with Gasteiger partial charge in [0.15, 0.2) is 5.79 Å². The molecule has 0 amide bonds. The van der Waals surface area contributed by atoms with E-state index in [1.807, 2.05) is 0 Å². The minimum Gasteiger partial charge on any atom is -0.348 e. The van der Waals surface area contributed by atoms with Crippen molar-refractivity contribution in [1.29, 1.82) is 0 Å².